The Morgan fingerprint density at radius 3 is 2.74 bits per heavy atom. The number of carbonyl (C=O) groups is 2. The molecule has 5 heteroatoms. The van der Waals surface area contributed by atoms with Crippen molar-refractivity contribution in [2.24, 2.45) is 0 Å². The van der Waals surface area contributed by atoms with Crippen molar-refractivity contribution in [2.75, 3.05) is 19.6 Å². The van der Waals surface area contributed by atoms with Crippen LogP contribution in [-0.4, -0.2) is 46.8 Å². The SMILES string of the molecule is CCN1C(=O)CCC[C@@]12CCCN(C(=O)c1ccccc1F)C2. The molecule has 0 unspecified atom stereocenters. The second kappa shape index (κ2) is 6.30. The summed E-state index contributed by atoms with van der Waals surface area (Å²) in [5.74, 6) is -0.570. The molecular weight excluding hydrogens is 295 g/mol. The lowest BCUT2D eigenvalue weighted by Crippen LogP contribution is -2.63. The number of halogens is 1. The normalized spacial score (nSPS) is 25.0. The van der Waals surface area contributed by atoms with E-state index in [-0.39, 0.29) is 22.9 Å². The minimum absolute atomic E-state index is 0.120. The fourth-order valence-corrected chi connectivity index (χ4v) is 4.13. The van der Waals surface area contributed by atoms with Gasteiger partial charge in [-0.1, -0.05) is 12.1 Å². The summed E-state index contributed by atoms with van der Waals surface area (Å²) in [6.07, 6.45) is 4.17. The number of benzene rings is 1. The molecule has 0 saturated carbocycles. The lowest BCUT2D eigenvalue weighted by molar-refractivity contribution is -0.144. The predicted octanol–water partition coefficient (Wildman–Crippen LogP) is 2.83. The third-order valence-electron chi connectivity index (χ3n) is 5.17. The Morgan fingerprint density at radius 2 is 2.00 bits per heavy atom. The molecule has 23 heavy (non-hydrogen) atoms. The van der Waals surface area contributed by atoms with Gasteiger partial charge in [0, 0.05) is 26.1 Å². The third kappa shape index (κ3) is 2.84. The first-order chi connectivity index (χ1) is 11.1. The number of rotatable bonds is 2. The van der Waals surface area contributed by atoms with E-state index in [9.17, 15) is 14.0 Å². The van der Waals surface area contributed by atoms with Crippen LogP contribution in [-0.2, 0) is 4.79 Å². The van der Waals surface area contributed by atoms with Crippen LogP contribution in [0.3, 0.4) is 0 Å². The molecule has 1 atom stereocenters. The Kier molecular flexibility index (Phi) is 4.37. The Hall–Kier alpha value is -1.91. The van der Waals surface area contributed by atoms with Gasteiger partial charge in [-0.15, -0.1) is 0 Å². The van der Waals surface area contributed by atoms with Crippen LogP contribution in [0.25, 0.3) is 0 Å². The highest BCUT2D eigenvalue weighted by atomic mass is 19.1. The summed E-state index contributed by atoms with van der Waals surface area (Å²) in [7, 11) is 0. The third-order valence-corrected chi connectivity index (χ3v) is 5.17. The van der Waals surface area contributed by atoms with Crippen molar-refractivity contribution in [1.29, 1.82) is 0 Å². The number of piperidine rings is 2. The topological polar surface area (TPSA) is 40.6 Å². The fourth-order valence-electron chi connectivity index (χ4n) is 4.13. The molecule has 124 valence electrons. The van der Waals surface area contributed by atoms with E-state index in [0.29, 0.717) is 26.1 Å². The van der Waals surface area contributed by atoms with E-state index >= 15 is 0 Å². The molecule has 4 nitrogen and oxygen atoms in total. The first-order valence-corrected chi connectivity index (χ1v) is 8.42. The van der Waals surface area contributed by atoms with Crippen LogP contribution < -0.4 is 0 Å². The monoisotopic (exact) mass is 318 g/mol. The van der Waals surface area contributed by atoms with E-state index < -0.39 is 5.82 Å². The van der Waals surface area contributed by atoms with Crippen molar-refractivity contribution >= 4 is 11.8 Å². The average molecular weight is 318 g/mol. The minimum atomic E-state index is -0.482. The van der Waals surface area contributed by atoms with Crippen molar-refractivity contribution in [3.63, 3.8) is 0 Å². The highest BCUT2D eigenvalue weighted by Crippen LogP contribution is 2.37. The molecule has 2 amide bonds. The predicted molar refractivity (Wildman–Crippen MR) is 85.5 cm³/mol. The summed E-state index contributed by atoms with van der Waals surface area (Å²) in [6.45, 7) is 3.80. The number of hydrogen-bond donors (Lipinski definition) is 0. The molecule has 0 bridgehead atoms. The molecule has 1 spiro atoms. The van der Waals surface area contributed by atoms with Crippen LogP contribution in [0.2, 0.25) is 0 Å². The van der Waals surface area contributed by atoms with Gasteiger partial charge in [-0.25, -0.2) is 4.39 Å². The summed E-state index contributed by atoms with van der Waals surface area (Å²) in [6, 6.07) is 6.11. The lowest BCUT2D eigenvalue weighted by Gasteiger charge is -2.51. The number of nitrogens with zero attached hydrogens (tertiary/aromatic N) is 2. The van der Waals surface area contributed by atoms with E-state index in [1.54, 1.807) is 17.0 Å². The van der Waals surface area contributed by atoms with E-state index in [4.69, 9.17) is 0 Å². The zero-order valence-corrected chi connectivity index (χ0v) is 13.6. The highest BCUT2D eigenvalue weighted by molar-refractivity contribution is 5.94. The molecule has 2 heterocycles. The summed E-state index contributed by atoms with van der Waals surface area (Å²) in [5.41, 5.74) is -0.141. The van der Waals surface area contributed by atoms with Crippen molar-refractivity contribution in [1.82, 2.24) is 9.80 Å². The number of likely N-dealkylation sites (N-methyl/N-ethyl adjacent to an activating group) is 1. The van der Waals surface area contributed by atoms with Crippen LogP contribution in [0, 0.1) is 5.82 Å². The number of carbonyl (C=O) groups excluding carboxylic acids is 2. The minimum Gasteiger partial charge on any atom is -0.336 e. The second-order valence-electron chi connectivity index (χ2n) is 6.53. The van der Waals surface area contributed by atoms with Crippen molar-refractivity contribution < 1.29 is 14.0 Å². The molecule has 1 aromatic carbocycles. The first kappa shape index (κ1) is 16.0. The summed E-state index contributed by atoms with van der Waals surface area (Å²) >= 11 is 0. The van der Waals surface area contributed by atoms with Crippen LogP contribution in [0.4, 0.5) is 4.39 Å². The van der Waals surface area contributed by atoms with Crippen LogP contribution in [0.5, 0.6) is 0 Å². The lowest BCUT2D eigenvalue weighted by atomic mass is 9.79. The average Bonchev–Trinajstić information content (AvgIpc) is 2.55. The van der Waals surface area contributed by atoms with Gasteiger partial charge in [0.25, 0.3) is 5.91 Å². The van der Waals surface area contributed by atoms with Gasteiger partial charge in [-0.2, -0.15) is 0 Å². The van der Waals surface area contributed by atoms with Gasteiger partial charge < -0.3 is 9.80 Å². The van der Waals surface area contributed by atoms with Gasteiger partial charge in [0.05, 0.1) is 11.1 Å². The summed E-state index contributed by atoms with van der Waals surface area (Å²) in [4.78, 5) is 28.6. The molecule has 2 aliphatic heterocycles. The quantitative estimate of drug-likeness (QED) is 0.841. The maximum absolute atomic E-state index is 13.9. The maximum atomic E-state index is 13.9. The van der Waals surface area contributed by atoms with E-state index in [1.165, 1.54) is 12.1 Å². The molecule has 2 saturated heterocycles. The summed E-state index contributed by atoms with van der Waals surface area (Å²) in [5, 5.41) is 0. The van der Waals surface area contributed by atoms with E-state index in [0.717, 1.165) is 25.7 Å². The highest BCUT2D eigenvalue weighted by Gasteiger charge is 2.45. The van der Waals surface area contributed by atoms with Crippen LogP contribution >= 0.6 is 0 Å². The standard InChI is InChI=1S/C18H23FN2O2/c1-2-21-16(22)9-5-10-18(21)11-6-12-20(13-18)17(23)14-7-3-4-8-15(14)19/h3-4,7-8H,2,5-6,9-13H2,1H3/t18-/m0/s1. The molecule has 0 radical (unpaired) electrons. The first-order valence-electron chi connectivity index (χ1n) is 8.42. The zero-order valence-electron chi connectivity index (χ0n) is 13.6. The smallest absolute Gasteiger partial charge is 0.256 e. The molecule has 0 aromatic heterocycles. The molecular formula is C18H23FN2O2. The van der Waals surface area contributed by atoms with Crippen LogP contribution in [0.15, 0.2) is 24.3 Å². The van der Waals surface area contributed by atoms with Crippen molar-refractivity contribution in [3.8, 4) is 0 Å². The zero-order chi connectivity index (χ0) is 16.4. The number of hydrogen-bond acceptors (Lipinski definition) is 2. The molecule has 0 aliphatic carbocycles. The maximum Gasteiger partial charge on any atom is 0.256 e. The Bertz CT molecular complexity index is 615. The van der Waals surface area contributed by atoms with E-state index in [1.807, 2.05) is 11.8 Å². The van der Waals surface area contributed by atoms with Gasteiger partial charge >= 0.3 is 0 Å². The van der Waals surface area contributed by atoms with Gasteiger partial charge in [-0.05, 0) is 44.7 Å². The van der Waals surface area contributed by atoms with Crippen LogP contribution in [0.1, 0.15) is 49.4 Å². The second-order valence-corrected chi connectivity index (χ2v) is 6.53. The van der Waals surface area contributed by atoms with Crippen molar-refractivity contribution in [2.45, 2.75) is 44.6 Å². The molecule has 2 aliphatic rings. The fraction of sp³-hybridized carbons (Fsp3) is 0.556. The van der Waals surface area contributed by atoms with Crippen molar-refractivity contribution in [3.05, 3.63) is 35.6 Å². The van der Waals surface area contributed by atoms with Gasteiger partial charge in [0.15, 0.2) is 0 Å². The molecule has 2 fully saturated rings. The Labute approximate surface area is 136 Å². The molecule has 1 aromatic rings. The Morgan fingerprint density at radius 1 is 1.26 bits per heavy atom. The largest absolute Gasteiger partial charge is 0.336 e. The van der Waals surface area contributed by atoms with Gasteiger partial charge in [0.2, 0.25) is 5.91 Å². The Balaban J connectivity index is 1.84. The summed E-state index contributed by atoms with van der Waals surface area (Å²) < 4.78 is 13.9. The van der Waals surface area contributed by atoms with Gasteiger partial charge in [0.1, 0.15) is 5.82 Å². The van der Waals surface area contributed by atoms with Gasteiger partial charge in [-0.3, -0.25) is 9.59 Å². The number of amides is 2. The van der Waals surface area contributed by atoms with E-state index in [2.05, 4.69) is 0 Å². The molecule has 0 N–H and O–H groups in total. The number of likely N-dealkylation sites (tertiary alicyclic amines) is 2. The molecule has 3 rings (SSSR count).